The molecule has 0 aromatic heterocycles. The van der Waals surface area contributed by atoms with Crippen LogP contribution in [0, 0.1) is 0 Å². The van der Waals surface area contributed by atoms with Crippen LogP contribution in [0.1, 0.15) is 27.2 Å². The first-order chi connectivity index (χ1) is 6.46. The molecule has 4 nitrogen and oxygen atoms in total. The molecular formula is C10H19BrN2O2. The molecule has 5 heteroatoms. The van der Waals surface area contributed by atoms with Crippen molar-refractivity contribution >= 4 is 23.1 Å². The summed E-state index contributed by atoms with van der Waals surface area (Å²) in [4.78, 5) is 13.6. The fourth-order valence-electron chi connectivity index (χ4n) is 2.10. The van der Waals surface area contributed by atoms with Crippen molar-refractivity contribution in [2.75, 3.05) is 13.1 Å². The van der Waals surface area contributed by atoms with Gasteiger partial charge in [-0.2, -0.15) is 0 Å². The predicted molar refractivity (Wildman–Crippen MR) is 63.5 cm³/mol. The third kappa shape index (κ3) is 2.84. The first-order valence-electron chi connectivity index (χ1n) is 5.19. The van der Waals surface area contributed by atoms with Gasteiger partial charge in [0.1, 0.15) is 5.60 Å². The molecule has 2 heterocycles. The van der Waals surface area contributed by atoms with Crippen LogP contribution in [0.4, 0.5) is 4.79 Å². The molecule has 2 rings (SSSR count). The molecular weight excluding hydrogens is 260 g/mol. The Hall–Kier alpha value is -0.290. The van der Waals surface area contributed by atoms with Gasteiger partial charge in [0.05, 0.1) is 0 Å². The SMILES string of the molecule is Br.CC(C)(C)OC(=O)N1C[C@H]2C[C@@H]1CN2. The van der Waals surface area contributed by atoms with Gasteiger partial charge in [-0.1, -0.05) is 0 Å². The number of nitrogens with one attached hydrogen (secondary N) is 1. The smallest absolute Gasteiger partial charge is 0.410 e. The van der Waals surface area contributed by atoms with Gasteiger partial charge >= 0.3 is 6.09 Å². The molecule has 0 aromatic rings. The summed E-state index contributed by atoms with van der Waals surface area (Å²) in [5.41, 5.74) is -0.383. The third-order valence-corrected chi connectivity index (χ3v) is 2.68. The minimum Gasteiger partial charge on any atom is -0.444 e. The van der Waals surface area contributed by atoms with Crippen molar-refractivity contribution in [3.05, 3.63) is 0 Å². The molecule has 2 bridgehead atoms. The molecule has 2 atom stereocenters. The molecule has 15 heavy (non-hydrogen) atoms. The predicted octanol–water partition coefficient (Wildman–Crippen LogP) is 1.55. The maximum Gasteiger partial charge on any atom is 0.410 e. The van der Waals surface area contributed by atoms with E-state index in [0.717, 1.165) is 19.5 Å². The van der Waals surface area contributed by atoms with Gasteiger partial charge in [0.25, 0.3) is 0 Å². The van der Waals surface area contributed by atoms with Crippen LogP contribution < -0.4 is 5.32 Å². The largest absolute Gasteiger partial charge is 0.444 e. The van der Waals surface area contributed by atoms with Crippen LogP contribution in [0.25, 0.3) is 0 Å². The average Bonchev–Trinajstić information content (AvgIpc) is 2.59. The maximum absolute atomic E-state index is 11.7. The van der Waals surface area contributed by atoms with Gasteiger partial charge in [-0.25, -0.2) is 4.79 Å². The van der Waals surface area contributed by atoms with Crippen molar-refractivity contribution in [1.29, 1.82) is 0 Å². The Labute approximate surface area is 101 Å². The third-order valence-electron chi connectivity index (χ3n) is 2.68. The second-order valence-corrected chi connectivity index (χ2v) is 5.13. The van der Waals surface area contributed by atoms with E-state index >= 15 is 0 Å². The summed E-state index contributed by atoms with van der Waals surface area (Å²) in [6.45, 7) is 7.43. The minimum absolute atomic E-state index is 0. The standard InChI is InChI=1S/C10H18N2O2.BrH/c1-10(2,3)14-9(13)12-6-7-4-8(12)5-11-7;/h7-8,11H,4-6H2,1-3H3;1H/t7-,8-;/m1./s1. The van der Waals surface area contributed by atoms with E-state index < -0.39 is 0 Å². The number of hydrogen-bond acceptors (Lipinski definition) is 3. The van der Waals surface area contributed by atoms with E-state index in [-0.39, 0.29) is 28.7 Å². The van der Waals surface area contributed by atoms with E-state index in [4.69, 9.17) is 4.74 Å². The van der Waals surface area contributed by atoms with E-state index in [0.29, 0.717) is 12.1 Å². The molecule has 2 aliphatic rings. The van der Waals surface area contributed by atoms with Crippen molar-refractivity contribution in [3.63, 3.8) is 0 Å². The summed E-state index contributed by atoms with van der Waals surface area (Å²) in [5, 5.41) is 3.35. The molecule has 0 aliphatic carbocycles. The first-order valence-corrected chi connectivity index (χ1v) is 5.19. The molecule has 88 valence electrons. The maximum atomic E-state index is 11.7. The number of hydrogen-bond donors (Lipinski definition) is 1. The van der Waals surface area contributed by atoms with Gasteiger partial charge < -0.3 is 15.0 Å². The lowest BCUT2D eigenvalue weighted by molar-refractivity contribution is 0.0204. The van der Waals surface area contributed by atoms with E-state index in [1.165, 1.54) is 0 Å². The van der Waals surface area contributed by atoms with Crippen LogP contribution in [-0.4, -0.2) is 41.8 Å². The number of ether oxygens (including phenoxy) is 1. The molecule has 2 aliphatic heterocycles. The van der Waals surface area contributed by atoms with Crippen LogP contribution in [0.3, 0.4) is 0 Å². The Morgan fingerprint density at radius 1 is 1.47 bits per heavy atom. The van der Waals surface area contributed by atoms with Gasteiger partial charge in [-0.3, -0.25) is 0 Å². The number of rotatable bonds is 0. The Morgan fingerprint density at radius 2 is 2.13 bits per heavy atom. The molecule has 1 N–H and O–H groups in total. The highest BCUT2D eigenvalue weighted by atomic mass is 79.9. The number of halogens is 1. The lowest BCUT2D eigenvalue weighted by atomic mass is 10.2. The van der Waals surface area contributed by atoms with Gasteiger partial charge in [0.15, 0.2) is 0 Å². The Bertz CT molecular complexity index is 252. The highest BCUT2D eigenvalue weighted by Crippen LogP contribution is 2.25. The number of amides is 1. The number of carbonyl (C=O) groups is 1. The highest BCUT2D eigenvalue weighted by molar-refractivity contribution is 8.93. The summed E-state index contributed by atoms with van der Waals surface area (Å²) in [6, 6.07) is 0.849. The fraction of sp³-hybridized carbons (Fsp3) is 0.900. The lowest BCUT2D eigenvalue weighted by Gasteiger charge is -2.30. The molecule has 2 saturated heterocycles. The molecule has 0 unspecified atom stereocenters. The van der Waals surface area contributed by atoms with Gasteiger partial charge in [0, 0.05) is 25.2 Å². The minimum atomic E-state index is -0.383. The van der Waals surface area contributed by atoms with E-state index in [2.05, 4.69) is 5.32 Å². The molecule has 0 spiro atoms. The second kappa shape index (κ2) is 4.29. The topological polar surface area (TPSA) is 41.6 Å². The molecule has 0 saturated carbocycles. The zero-order chi connectivity index (χ0) is 10.3. The second-order valence-electron chi connectivity index (χ2n) is 5.13. The molecule has 0 aromatic carbocycles. The summed E-state index contributed by atoms with van der Waals surface area (Å²) < 4.78 is 5.33. The van der Waals surface area contributed by atoms with Crippen molar-refractivity contribution in [1.82, 2.24) is 10.2 Å². The number of fused-ring (bicyclic) bond motifs is 2. The van der Waals surface area contributed by atoms with Crippen molar-refractivity contribution in [3.8, 4) is 0 Å². The quantitative estimate of drug-likeness (QED) is 0.731. The normalized spacial score (nSPS) is 28.9. The van der Waals surface area contributed by atoms with Crippen LogP contribution in [0.2, 0.25) is 0 Å². The number of piperazine rings is 1. The lowest BCUT2D eigenvalue weighted by Crippen LogP contribution is -2.48. The molecule has 2 fully saturated rings. The van der Waals surface area contributed by atoms with Gasteiger partial charge in [0.2, 0.25) is 0 Å². The average molecular weight is 279 g/mol. The number of nitrogens with zero attached hydrogens (tertiary/aromatic N) is 1. The van der Waals surface area contributed by atoms with Crippen LogP contribution in [0.15, 0.2) is 0 Å². The van der Waals surface area contributed by atoms with Crippen LogP contribution in [-0.2, 0) is 4.74 Å². The Morgan fingerprint density at radius 3 is 2.53 bits per heavy atom. The molecule has 1 amide bonds. The zero-order valence-electron chi connectivity index (χ0n) is 9.45. The summed E-state index contributed by atoms with van der Waals surface area (Å²) >= 11 is 0. The summed E-state index contributed by atoms with van der Waals surface area (Å²) in [7, 11) is 0. The summed E-state index contributed by atoms with van der Waals surface area (Å²) in [6.07, 6.45) is 0.922. The Kier molecular flexibility index (Phi) is 3.66. The zero-order valence-corrected chi connectivity index (χ0v) is 11.2. The van der Waals surface area contributed by atoms with E-state index in [1.54, 1.807) is 0 Å². The van der Waals surface area contributed by atoms with Crippen molar-refractivity contribution in [2.24, 2.45) is 0 Å². The van der Waals surface area contributed by atoms with Crippen LogP contribution in [0.5, 0.6) is 0 Å². The van der Waals surface area contributed by atoms with E-state index in [9.17, 15) is 4.79 Å². The van der Waals surface area contributed by atoms with Gasteiger partial charge in [-0.05, 0) is 27.2 Å². The summed E-state index contributed by atoms with van der Waals surface area (Å²) in [5.74, 6) is 0. The Balaban J connectivity index is 0.00000112. The highest BCUT2D eigenvalue weighted by Gasteiger charge is 2.41. The number of likely N-dealkylation sites (tertiary alicyclic amines) is 1. The van der Waals surface area contributed by atoms with Crippen LogP contribution >= 0.6 is 17.0 Å². The van der Waals surface area contributed by atoms with Crippen molar-refractivity contribution < 1.29 is 9.53 Å². The van der Waals surface area contributed by atoms with Gasteiger partial charge in [-0.15, -0.1) is 17.0 Å². The van der Waals surface area contributed by atoms with Crippen molar-refractivity contribution in [2.45, 2.75) is 44.9 Å². The monoisotopic (exact) mass is 278 g/mol. The molecule has 0 radical (unpaired) electrons. The fourth-order valence-corrected chi connectivity index (χ4v) is 2.10. The number of carbonyl (C=O) groups excluding carboxylic acids is 1. The van der Waals surface area contributed by atoms with E-state index in [1.807, 2.05) is 25.7 Å². The first kappa shape index (κ1) is 12.8.